The molecule has 1 atom stereocenters. The highest BCUT2D eigenvalue weighted by Crippen LogP contribution is 2.23. The molecule has 0 amide bonds. The molecule has 2 aromatic carbocycles. The minimum absolute atomic E-state index is 0.158. The zero-order chi connectivity index (χ0) is 18.1. The molecule has 3 aromatic rings. The monoisotopic (exact) mass is 348 g/mol. The maximum Gasteiger partial charge on any atom is 0.304 e. The molecule has 0 aliphatic carbocycles. The normalized spacial score (nSPS) is 17.1. The Balaban J connectivity index is 1.61. The second-order valence-corrected chi connectivity index (χ2v) is 8.04. The number of aromatic nitrogens is 3. The van der Waals surface area contributed by atoms with Gasteiger partial charge in [-0.05, 0) is 28.7 Å². The zero-order valence-electron chi connectivity index (χ0n) is 15.7. The molecule has 0 saturated heterocycles. The van der Waals surface area contributed by atoms with E-state index in [1.54, 1.807) is 0 Å². The first kappa shape index (κ1) is 17.0. The molecule has 4 nitrogen and oxygen atoms in total. The Hall–Kier alpha value is -2.46. The van der Waals surface area contributed by atoms with E-state index in [0.717, 1.165) is 24.5 Å². The second-order valence-electron chi connectivity index (χ2n) is 8.04. The standard InChI is InChI=1S/C22H26N3O/c1-22(2,3)18-9-11-19(12-10-18)25-16-24-20(14-26-15-21(24)23-25)13-17-7-5-4-6-8-17/h4-12,16,20H,13-15H2,1-3H3/q+1/t20-/m0/s1. The van der Waals surface area contributed by atoms with Gasteiger partial charge >= 0.3 is 5.82 Å². The van der Waals surface area contributed by atoms with Gasteiger partial charge in [-0.15, -0.1) is 0 Å². The Morgan fingerprint density at radius 3 is 2.50 bits per heavy atom. The average molecular weight is 348 g/mol. The predicted octanol–water partition coefficient (Wildman–Crippen LogP) is 3.77. The van der Waals surface area contributed by atoms with E-state index in [2.05, 4.69) is 86.3 Å². The van der Waals surface area contributed by atoms with E-state index in [1.807, 2.05) is 4.68 Å². The molecule has 1 aliphatic rings. The fraction of sp³-hybridized carbons (Fsp3) is 0.364. The van der Waals surface area contributed by atoms with Gasteiger partial charge in [-0.1, -0.05) is 67.9 Å². The summed E-state index contributed by atoms with van der Waals surface area (Å²) >= 11 is 0. The number of nitrogens with zero attached hydrogens (tertiary/aromatic N) is 3. The summed E-state index contributed by atoms with van der Waals surface area (Å²) in [6, 6.07) is 19.5. The van der Waals surface area contributed by atoms with E-state index in [-0.39, 0.29) is 11.5 Å². The van der Waals surface area contributed by atoms with Crippen molar-refractivity contribution in [2.75, 3.05) is 6.61 Å². The lowest BCUT2D eigenvalue weighted by Gasteiger charge is -2.19. The number of benzene rings is 2. The highest BCUT2D eigenvalue weighted by Gasteiger charge is 2.30. The summed E-state index contributed by atoms with van der Waals surface area (Å²) in [5.41, 5.74) is 3.89. The van der Waals surface area contributed by atoms with Crippen LogP contribution in [0.5, 0.6) is 0 Å². The summed E-state index contributed by atoms with van der Waals surface area (Å²) in [7, 11) is 0. The van der Waals surface area contributed by atoms with Gasteiger partial charge < -0.3 is 4.74 Å². The van der Waals surface area contributed by atoms with Crippen LogP contribution in [-0.2, 0) is 23.2 Å². The highest BCUT2D eigenvalue weighted by molar-refractivity contribution is 5.35. The van der Waals surface area contributed by atoms with Gasteiger partial charge in [0.25, 0.3) is 0 Å². The first-order valence-corrected chi connectivity index (χ1v) is 9.23. The van der Waals surface area contributed by atoms with E-state index in [9.17, 15) is 0 Å². The minimum atomic E-state index is 0.158. The van der Waals surface area contributed by atoms with Crippen LogP contribution < -0.4 is 4.57 Å². The van der Waals surface area contributed by atoms with Gasteiger partial charge in [-0.25, -0.2) is 4.57 Å². The van der Waals surface area contributed by atoms with Crippen LogP contribution in [0.15, 0.2) is 60.9 Å². The lowest BCUT2D eigenvalue weighted by Crippen LogP contribution is -2.48. The third-order valence-electron chi connectivity index (χ3n) is 5.00. The van der Waals surface area contributed by atoms with Gasteiger partial charge in [-0.2, -0.15) is 0 Å². The van der Waals surface area contributed by atoms with E-state index in [1.165, 1.54) is 11.1 Å². The van der Waals surface area contributed by atoms with Gasteiger partial charge in [0.15, 0.2) is 0 Å². The topological polar surface area (TPSA) is 30.9 Å². The van der Waals surface area contributed by atoms with Crippen molar-refractivity contribution in [3.05, 3.63) is 77.9 Å². The largest absolute Gasteiger partial charge is 0.367 e. The Morgan fingerprint density at radius 1 is 1.08 bits per heavy atom. The molecule has 0 bridgehead atoms. The zero-order valence-corrected chi connectivity index (χ0v) is 15.7. The molecular weight excluding hydrogens is 322 g/mol. The minimum Gasteiger partial charge on any atom is -0.367 e. The summed E-state index contributed by atoms with van der Waals surface area (Å²) in [6.07, 6.45) is 3.06. The summed E-state index contributed by atoms with van der Waals surface area (Å²) in [4.78, 5) is 0. The van der Waals surface area contributed by atoms with Gasteiger partial charge in [0.2, 0.25) is 6.33 Å². The van der Waals surface area contributed by atoms with Gasteiger partial charge in [-0.3, -0.25) is 0 Å². The number of hydrogen-bond acceptors (Lipinski definition) is 2. The van der Waals surface area contributed by atoms with Gasteiger partial charge in [0, 0.05) is 11.5 Å². The Morgan fingerprint density at radius 2 is 1.81 bits per heavy atom. The molecule has 0 spiro atoms. The molecule has 0 saturated carbocycles. The Bertz CT molecular complexity index is 876. The highest BCUT2D eigenvalue weighted by atomic mass is 16.5. The van der Waals surface area contributed by atoms with Crippen LogP contribution in [0.2, 0.25) is 0 Å². The molecule has 0 unspecified atom stereocenters. The molecule has 0 N–H and O–H groups in total. The summed E-state index contributed by atoms with van der Waals surface area (Å²) in [5.74, 6) is 0.983. The lowest BCUT2D eigenvalue weighted by molar-refractivity contribution is -0.742. The van der Waals surface area contributed by atoms with Crippen molar-refractivity contribution in [3.63, 3.8) is 0 Å². The molecule has 134 valence electrons. The first-order valence-electron chi connectivity index (χ1n) is 9.23. The molecule has 1 aliphatic heterocycles. The van der Waals surface area contributed by atoms with Crippen LogP contribution in [0.4, 0.5) is 0 Å². The number of fused-ring (bicyclic) bond motifs is 1. The van der Waals surface area contributed by atoms with E-state index >= 15 is 0 Å². The number of rotatable bonds is 3. The summed E-state index contributed by atoms with van der Waals surface area (Å²) < 4.78 is 10.0. The lowest BCUT2D eigenvalue weighted by atomic mass is 9.87. The van der Waals surface area contributed by atoms with Gasteiger partial charge in [0.1, 0.15) is 18.3 Å². The molecular formula is C22H26N3O+. The van der Waals surface area contributed by atoms with Crippen LogP contribution in [-0.4, -0.2) is 16.4 Å². The molecule has 0 radical (unpaired) electrons. The molecule has 0 fully saturated rings. The van der Waals surface area contributed by atoms with Crippen molar-refractivity contribution >= 4 is 0 Å². The SMILES string of the molecule is CC(C)(C)c1ccc(-n2c[n+]3c(n2)COC[C@@H]3Cc2ccccc2)cc1. The van der Waals surface area contributed by atoms with Crippen LogP contribution in [0, 0.1) is 0 Å². The fourth-order valence-electron chi connectivity index (χ4n) is 3.44. The van der Waals surface area contributed by atoms with Crippen LogP contribution >= 0.6 is 0 Å². The fourth-order valence-corrected chi connectivity index (χ4v) is 3.44. The van der Waals surface area contributed by atoms with E-state index in [0.29, 0.717) is 6.61 Å². The van der Waals surface area contributed by atoms with Gasteiger partial charge in [0.05, 0.1) is 6.61 Å². The van der Waals surface area contributed by atoms with Crippen molar-refractivity contribution in [1.29, 1.82) is 0 Å². The molecule has 4 rings (SSSR count). The maximum absolute atomic E-state index is 5.80. The number of ether oxygens (including phenoxy) is 1. The third kappa shape index (κ3) is 3.42. The quantitative estimate of drug-likeness (QED) is 0.675. The number of hydrogen-bond donors (Lipinski definition) is 0. The summed E-state index contributed by atoms with van der Waals surface area (Å²) in [5, 5.41) is 4.76. The molecule has 2 heterocycles. The predicted molar refractivity (Wildman–Crippen MR) is 101 cm³/mol. The third-order valence-corrected chi connectivity index (χ3v) is 5.00. The second kappa shape index (κ2) is 6.69. The molecule has 1 aromatic heterocycles. The molecule has 4 heteroatoms. The maximum atomic E-state index is 5.80. The smallest absolute Gasteiger partial charge is 0.304 e. The van der Waals surface area contributed by atoms with Crippen molar-refractivity contribution in [2.45, 2.75) is 45.3 Å². The van der Waals surface area contributed by atoms with Crippen LogP contribution in [0.25, 0.3) is 5.69 Å². The van der Waals surface area contributed by atoms with Crippen LogP contribution in [0.3, 0.4) is 0 Å². The van der Waals surface area contributed by atoms with Crippen LogP contribution in [0.1, 0.15) is 43.8 Å². The van der Waals surface area contributed by atoms with E-state index in [4.69, 9.17) is 9.84 Å². The Labute approximate surface area is 155 Å². The van der Waals surface area contributed by atoms with Crippen molar-refractivity contribution < 1.29 is 9.30 Å². The van der Waals surface area contributed by atoms with Crippen molar-refractivity contribution in [1.82, 2.24) is 9.78 Å². The van der Waals surface area contributed by atoms with E-state index < -0.39 is 0 Å². The average Bonchev–Trinajstić information content (AvgIpc) is 3.07. The summed E-state index contributed by atoms with van der Waals surface area (Å²) in [6.45, 7) is 7.99. The van der Waals surface area contributed by atoms with Crippen molar-refractivity contribution in [3.8, 4) is 5.69 Å². The van der Waals surface area contributed by atoms with Crippen molar-refractivity contribution in [2.24, 2.45) is 0 Å². The molecule has 26 heavy (non-hydrogen) atoms. The Kier molecular flexibility index (Phi) is 4.37. The first-order chi connectivity index (χ1) is 12.5.